The molecule has 2 N–H and O–H groups in total. The normalized spacial score (nSPS) is 12.1. The molecule has 0 saturated carbocycles. The predicted molar refractivity (Wildman–Crippen MR) is 128 cm³/mol. The third-order valence-corrected chi connectivity index (χ3v) is 4.80. The molecule has 31 heavy (non-hydrogen) atoms. The second-order valence-electron chi connectivity index (χ2n) is 7.45. The minimum absolute atomic E-state index is 0. The number of phenolic OH excluding ortho intramolecular Hbond substituents is 2. The van der Waals surface area contributed by atoms with Crippen LogP contribution in [0.3, 0.4) is 0 Å². The van der Waals surface area contributed by atoms with Crippen LogP contribution in [0.25, 0.3) is 0 Å². The predicted octanol–water partition coefficient (Wildman–Crippen LogP) is 7.24. The van der Waals surface area contributed by atoms with E-state index in [0.717, 1.165) is 35.1 Å². The van der Waals surface area contributed by atoms with Crippen molar-refractivity contribution in [2.24, 2.45) is 0 Å². The van der Waals surface area contributed by atoms with E-state index in [1.165, 1.54) is 11.1 Å². The van der Waals surface area contributed by atoms with Crippen molar-refractivity contribution < 1.29 is 36.4 Å². The Morgan fingerprint density at radius 1 is 0.548 bits per heavy atom. The number of phenols is 2. The molecule has 0 aliphatic heterocycles. The van der Waals surface area contributed by atoms with Gasteiger partial charge in [0.15, 0.2) is 0 Å². The van der Waals surface area contributed by atoms with Crippen molar-refractivity contribution in [3.8, 4) is 11.5 Å². The number of hydrogen-bond donors (Lipinski definition) is 2. The first-order valence-corrected chi connectivity index (χ1v) is 10.2. The average Bonchev–Trinajstić information content (AvgIpc) is 3.44. The standard InChI is InChI=1S/2C9H12O.2C5H5.Zr/c2*1-6-4-8(3)9(10)5-7(6)2;2*1-2-4-5-3-1;/h2*4-5,10H,1-3H3;2*1-3H,4H2;/q;;2*-1;+2. The molecule has 2 aromatic rings. The monoisotopic (exact) mass is 492 g/mol. The van der Waals surface area contributed by atoms with E-state index in [0.29, 0.717) is 11.5 Å². The molecule has 162 valence electrons. The zero-order valence-corrected chi connectivity index (χ0v) is 22.0. The van der Waals surface area contributed by atoms with Gasteiger partial charge >= 0.3 is 26.2 Å². The van der Waals surface area contributed by atoms with Crippen molar-refractivity contribution in [3.63, 3.8) is 0 Å². The van der Waals surface area contributed by atoms with Gasteiger partial charge in [-0.15, -0.1) is 12.8 Å². The van der Waals surface area contributed by atoms with Gasteiger partial charge in [-0.25, -0.2) is 24.3 Å². The van der Waals surface area contributed by atoms with E-state index in [-0.39, 0.29) is 26.2 Å². The number of allylic oxidation sites excluding steroid dienone is 8. The number of rotatable bonds is 0. The number of aryl methyl sites for hydroxylation is 6. The Kier molecular flexibility index (Phi) is 14.6. The van der Waals surface area contributed by atoms with Crippen LogP contribution < -0.4 is 0 Å². The van der Waals surface area contributed by atoms with E-state index in [4.69, 9.17) is 0 Å². The van der Waals surface area contributed by atoms with E-state index >= 15 is 0 Å². The molecule has 0 amide bonds. The summed E-state index contributed by atoms with van der Waals surface area (Å²) in [6.07, 6.45) is 20.0. The molecule has 0 atom stereocenters. The number of aromatic hydroxyl groups is 2. The second kappa shape index (κ2) is 15.7. The van der Waals surface area contributed by atoms with Crippen molar-refractivity contribution in [3.05, 3.63) is 106 Å². The zero-order chi connectivity index (χ0) is 22.5. The van der Waals surface area contributed by atoms with Crippen LogP contribution in [0.2, 0.25) is 0 Å². The van der Waals surface area contributed by atoms with Gasteiger partial charge in [-0.05, 0) is 87.1 Å². The summed E-state index contributed by atoms with van der Waals surface area (Å²) in [4.78, 5) is 0. The maximum atomic E-state index is 9.22. The molecular formula is C28H34O2Zr. The Morgan fingerprint density at radius 3 is 1.06 bits per heavy atom. The van der Waals surface area contributed by atoms with E-state index in [1.807, 2.05) is 78.0 Å². The first kappa shape index (κ1) is 28.9. The summed E-state index contributed by atoms with van der Waals surface area (Å²) in [5, 5.41) is 18.4. The smallest absolute Gasteiger partial charge is 0.508 e. The summed E-state index contributed by atoms with van der Waals surface area (Å²) in [7, 11) is 0. The van der Waals surface area contributed by atoms with E-state index in [2.05, 4.69) is 24.3 Å². The molecule has 0 unspecified atom stereocenters. The van der Waals surface area contributed by atoms with Gasteiger partial charge in [0.1, 0.15) is 11.5 Å². The van der Waals surface area contributed by atoms with Gasteiger partial charge in [0.2, 0.25) is 0 Å². The number of hydrogen-bond acceptors (Lipinski definition) is 2. The summed E-state index contributed by atoms with van der Waals surface area (Å²) in [5.74, 6) is 0.784. The van der Waals surface area contributed by atoms with Crippen molar-refractivity contribution >= 4 is 0 Å². The Morgan fingerprint density at radius 2 is 0.871 bits per heavy atom. The van der Waals surface area contributed by atoms with E-state index in [1.54, 1.807) is 12.1 Å². The molecule has 0 saturated heterocycles. The topological polar surface area (TPSA) is 40.5 Å². The SMILES string of the molecule is Cc1cc(C)c(O)cc1C.Cc1cc(C)c(O)cc1C.[C-]1=CC=CC1.[C-]1=CC=CC1.[Zr+2]. The Balaban J connectivity index is 0.000000401. The first-order chi connectivity index (χ1) is 14.2. The van der Waals surface area contributed by atoms with Gasteiger partial charge in [-0.1, -0.05) is 12.1 Å². The van der Waals surface area contributed by atoms with Crippen molar-refractivity contribution in [2.75, 3.05) is 0 Å². The van der Waals surface area contributed by atoms with Crippen molar-refractivity contribution in [1.82, 2.24) is 0 Å². The van der Waals surface area contributed by atoms with Gasteiger partial charge in [-0.2, -0.15) is 12.2 Å². The largest absolute Gasteiger partial charge is 2.00 e. The first-order valence-electron chi connectivity index (χ1n) is 10.2. The molecular weight excluding hydrogens is 460 g/mol. The minimum atomic E-state index is 0. The van der Waals surface area contributed by atoms with Gasteiger partial charge in [0.25, 0.3) is 0 Å². The fraction of sp³-hybridized carbons (Fsp3) is 0.286. The molecule has 4 rings (SSSR count). The van der Waals surface area contributed by atoms with Crippen LogP contribution in [0.15, 0.2) is 60.7 Å². The van der Waals surface area contributed by atoms with Gasteiger partial charge in [0.05, 0.1) is 0 Å². The molecule has 2 aromatic carbocycles. The van der Waals surface area contributed by atoms with Crippen LogP contribution >= 0.6 is 0 Å². The third kappa shape index (κ3) is 11.7. The van der Waals surface area contributed by atoms with Crippen molar-refractivity contribution in [2.45, 2.75) is 54.4 Å². The molecule has 0 bridgehead atoms. The van der Waals surface area contributed by atoms with Crippen LogP contribution in [-0.2, 0) is 26.2 Å². The quantitative estimate of drug-likeness (QED) is 0.380. The molecule has 0 heterocycles. The Hall–Kier alpha value is -2.12. The molecule has 0 fully saturated rings. The van der Waals surface area contributed by atoms with Crippen LogP contribution in [0, 0.1) is 53.7 Å². The molecule has 2 aliphatic carbocycles. The van der Waals surface area contributed by atoms with Crippen LogP contribution in [0.4, 0.5) is 0 Å². The summed E-state index contributed by atoms with van der Waals surface area (Å²) < 4.78 is 0. The second-order valence-corrected chi connectivity index (χ2v) is 7.45. The maximum Gasteiger partial charge on any atom is 2.00 e. The van der Waals surface area contributed by atoms with Gasteiger partial charge in [0, 0.05) is 0 Å². The molecule has 0 spiro atoms. The summed E-state index contributed by atoms with van der Waals surface area (Å²) in [5.41, 5.74) is 6.64. The summed E-state index contributed by atoms with van der Waals surface area (Å²) in [6.45, 7) is 11.9. The van der Waals surface area contributed by atoms with E-state index in [9.17, 15) is 10.2 Å². The molecule has 3 heteroatoms. The van der Waals surface area contributed by atoms with Crippen LogP contribution in [-0.4, -0.2) is 10.2 Å². The Labute approximate surface area is 207 Å². The number of benzene rings is 2. The fourth-order valence-corrected chi connectivity index (χ4v) is 2.57. The van der Waals surface area contributed by atoms with Crippen LogP contribution in [0.1, 0.15) is 46.2 Å². The van der Waals surface area contributed by atoms with Crippen LogP contribution in [0.5, 0.6) is 11.5 Å². The van der Waals surface area contributed by atoms with Crippen molar-refractivity contribution in [1.29, 1.82) is 0 Å². The molecule has 0 aromatic heterocycles. The summed E-state index contributed by atoms with van der Waals surface area (Å²) in [6, 6.07) is 7.57. The maximum absolute atomic E-state index is 9.22. The minimum Gasteiger partial charge on any atom is -0.508 e. The molecule has 0 radical (unpaired) electrons. The van der Waals surface area contributed by atoms with E-state index < -0.39 is 0 Å². The van der Waals surface area contributed by atoms with Gasteiger partial charge < -0.3 is 10.2 Å². The summed E-state index contributed by atoms with van der Waals surface area (Å²) >= 11 is 0. The van der Waals surface area contributed by atoms with Gasteiger partial charge in [-0.3, -0.25) is 12.2 Å². The third-order valence-electron chi connectivity index (χ3n) is 4.80. The average molecular weight is 494 g/mol. The molecule has 2 aliphatic rings. The fourth-order valence-electron chi connectivity index (χ4n) is 2.57. The molecule has 2 nitrogen and oxygen atoms in total. The Bertz CT molecular complexity index is 737. The zero-order valence-electron chi connectivity index (χ0n) is 19.6.